The molecule has 2 aromatic rings. The Labute approximate surface area is 118 Å². The van der Waals surface area contributed by atoms with E-state index >= 15 is 0 Å². The summed E-state index contributed by atoms with van der Waals surface area (Å²) < 4.78 is 15.9. The molecule has 2 rings (SSSR count). The second-order valence-electron chi connectivity index (χ2n) is 4.19. The lowest BCUT2D eigenvalue weighted by Gasteiger charge is -2.06. The number of carbonyl (C=O) groups is 1. The van der Waals surface area contributed by atoms with Crippen molar-refractivity contribution in [3.05, 3.63) is 51.5 Å². The lowest BCUT2D eigenvalue weighted by atomic mass is 10.2. The average Bonchev–Trinajstić information content (AvgIpc) is 2.70. The van der Waals surface area contributed by atoms with Gasteiger partial charge in [0.15, 0.2) is 0 Å². The van der Waals surface area contributed by atoms with Crippen molar-refractivity contribution in [3.8, 4) is 0 Å². The Morgan fingerprint density at radius 3 is 2.89 bits per heavy atom. The molecule has 0 aliphatic heterocycles. The lowest BCUT2D eigenvalue weighted by Crippen LogP contribution is -2.24. The Balaban J connectivity index is 2.09. The first kappa shape index (κ1) is 13.7. The number of aryl methyl sites for hydroxylation is 1. The SMILES string of the molecule is Cc1c(CNC(=O)c2cc(Br)ccc2F)cnn1C. The van der Waals surface area contributed by atoms with E-state index in [4.69, 9.17) is 0 Å². The molecule has 19 heavy (non-hydrogen) atoms. The van der Waals surface area contributed by atoms with Gasteiger partial charge >= 0.3 is 0 Å². The number of aromatic nitrogens is 2. The van der Waals surface area contributed by atoms with E-state index in [-0.39, 0.29) is 5.56 Å². The monoisotopic (exact) mass is 325 g/mol. The van der Waals surface area contributed by atoms with Gasteiger partial charge < -0.3 is 5.32 Å². The summed E-state index contributed by atoms with van der Waals surface area (Å²) in [6.07, 6.45) is 1.69. The van der Waals surface area contributed by atoms with Gasteiger partial charge in [-0.3, -0.25) is 9.48 Å². The second kappa shape index (κ2) is 5.52. The maximum atomic E-state index is 13.5. The van der Waals surface area contributed by atoms with Gasteiger partial charge in [-0.2, -0.15) is 5.10 Å². The highest BCUT2D eigenvalue weighted by atomic mass is 79.9. The normalized spacial score (nSPS) is 10.5. The summed E-state index contributed by atoms with van der Waals surface area (Å²) in [4.78, 5) is 11.9. The molecule has 0 aliphatic carbocycles. The fourth-order valence-corrected chi connectivity index (χ4v) is 2.02. The molecule has 1 aromatic heterocycles. The van der Waals surface area contributed by atoms with Gasteiger partial charge in [-0.15, -0.1) is 0 Å². The van der Waals surface area contributed by atoms with E-state index in [1.54, 1.807) is 16.9 Å². The van der Waals surface area contributed by atoms with E-state index in [0.717, 1.165) is 11.3 Å². The van der Waals surface area contributed by atoms with Gasteiger partial charge in [0.2, 0.25) is 0 Å². The molecule has 0 fully saturated rings. The predicted octanol–water partition coefficient (Wildman–Crippen LogP) is 2.56. The van der Waals surface area contributed by atoms with Crippen LogP contribution in [0, 0.1) is 12.7 Å². The summed E-state index contributed by atoms with van der Waals surface area (Å²) in [5.74, 6) is -0.981. The Hall–Kier alpha value is -1.69. The Kier molecular flexibility index (Phi) is 3.99. The van der Waals surface area contributed by atoms with Crippen molar-refractivity contribution in [1.29, 1.82) is 0 Å². The molecule has 0 atom stereocenters. The van der Waals surface area contributed by atoms with E-state index in [1.165, 1.54) is 12.1 Å². The van der Waals surface area contributed by atoms with E-state index < -0.39 is 11.7 Å². The van der Waals surface area contributed by atoms with Crippen molar-refractivity contribution < 1.29 is 9.18 Å². The summed E-state index contributed by atoms with van der Waals surface area (Å²) in [7, 11) is 1.83. The van der Waals surface area contributed by atoms with Crippen molar-refractivity contribution in [2.24, 2.45) is 7.05 Å². The Bertz CT molecular complexity index is 624. The molecule has 0 saturated heterocycles. The second-order valence-corrected chi connectivity index (χ2v) is 5.10. The molecule has 0 radical (unpaired) electrons. The zero-order valence-corrected chi connectivity index (χ0v) is 12.2. The highest BCUT2D eigenvalue weighted by molar-refractivity contribution is 9.10. The number of rotatable bonds is 3. The van der Waals surface area contributed by atoms with E-state index in [2.05, 4.69) is 26.3 Å². The maximum absolute atomic E-state index is 13.5. The van der Waals surface area contributed by atoms with Crippen LogP contribution in [0.15, 0.2) is 28.9 Å². The summed E-state index contributed by atoms with van der Waals surface area (Å²) in [5.41, 5.74) is 1.90. The van der Waals surface area contributed by atoms with Crippen molar-refractivity contribution in [2.75, 3.05) is 0 Å². The van der Waals surface area contributed by atoms with Crippen LogP contribution >= 0.6 is 15.9 Å². The number of amides is 1. The van der Waals surface area contributed by atoms with Gasteiger partial charge in [0.1, 0.15) is 5.82 Å². The predicted molar refractivity (Wildman–Crippen MR) is 73.2 cm³/mol. The molecule has 1 heterocycles. The van der Waals surface area contributed by atoms with Gasteiger partial charge in [0.05, 0.1) is 11.8 Å². The van der Waals surface area contributed by atoms with Crippen LogP contribution in [0.1, 0.15) is 21.6 Å². The molecule has 1 aromatic carbocycles. The molecule has 4 nitrogen and oxygen atoms in total. The van der Waals surface area contributed by atoms with Gasteiger partial charge in [-0.05, 0) is 25.1 Å². The van der Waals surface area contributed by atoms with Gasteiger partial charge in [0.25, 0.3) is 5.91 Å². The van der Waals surface area contributed by atoms with Crippen LogP contribution < -0.4 is 5.32 Å². The zero-order valence-electron chi connectivity index (χ0n) is 10.6. The highest BCUT2D eigenvalue weighted by Crippen LogP contribution is 2.15. The third kappa shape index (κ3) is 3.01. The third-order valence-electron chi connectivity index (χ3n) is 2.95. The van der Waals surface area contributed by atoms with Crippen LogP contribution in [-0.4, -0.2) is 15.7 Å². The first-order valence-corrected chi connectivity index (χ1v) is 6.49. The van der Waals surface area contributed by atoms with Gasteiger partial charge in [0, 0.05) is 29.3 Å². The molecule has 1 N–H and O–H groups in total. The third-order valence-corrected chi connectivity index (χ3v) is 3.44. The van der Waals surface area contributed by atoms with Gasteiger partial charge in [-0.1, -0.05) is 15.9 Å². The standard InChI is InChI=1S/C13H13BrFN3O/c1-8-9(7-17-18(8)2)6-16-13(19)11-5-10(14)3-4-12(11)15/h3-5,7H,6H2,1-2H3,(H,16,19). The fraction of sp³-hybridized carbons (Fsp3) is 0.231. The molecule has 100 valence electrons. The van der Waals surface area contributed by atoms with Gasteiger partial charge in [-0.25, -0.2) is 4.39 Å². The van der Waals surface area contributed by atoms with Crippen LogP contribution in [-0.2, 0) is 13.6 Å². The molecule has 0 bridgehead atoms. The zero-order chi connectivity index (χ0) is 14.0. The maximum Gasteiger partial charge on any atom is 0.254 e. The molecule has 0 unspecified atom stereocenters. The molecule has 1 amide bonds. The molecular formula is C13H13BrFN3O. The Morgan fingerprint density at radius 2 is 2.26 bits per heavy atom. The molecular weight excluding hydrogens is 313 g/mol. The van der Waals surface area contributed by atoms with Crippen LogP contribution in [0.5, 0.6) is 0 Å². The van der Waals surface area contributed by atoms with Crippen LogP contribution in [0.2, 0.25) is 0 Å². The fourth-order valence-electron chi connectivity index (χ4n) is 1.66. The van der Waals surface area contributed by atoms with Crippen LogP contribution in [0.4, 0.5) is 4.39 Å². The molecule has 0 aliphatic rings. The summed E-state index contributed by atoms with van der Waals surface area (Å²) in [5, 5.41) is 6.77. The van der Waals surface area contributed by atoms with Crippen molar-refractivity contribution in [3.63, 3.8) is 0 Å². The van der Waals surface area contributed by atoms with Crippen LogP contribution in [0.25, 0.3) is 0 Å². The first-order valence-electron chi connectivity index (χ1n) is 5.69. The number of hydrogen-bond acceptors (Lipinski definition) is 2. The van der Waals surface area contributed by atoms with E-state index in [0.29, 0.717) is 11.0 Å². The van der Waals surface area contributed by atoms with Crippen LogP contribution in [0.3, 0.4) is 0 Å². The summed E-state index contributed by atoms with van der Waals surface area (Å²) in [6.45, 7) is 2.23. The van der Waals surface area contributed by atoms with E-state index in [1.807, 2.05) is 14.0 Å². The van der Waals surface area contributed by atoms with Crippen molar-refractivity contribution in [2.45, 2.75) is 13.5 Å². The number of nitrogens with one attached hydrogen (secondary N) is 1. The first-order chi connectivity index (χ1) is 8.99. The lowest BCUT2D eigenvalue weighted by molar-refractivity contribution is 0.0947. The van der Waals surface area contributed by atoms with Crippen molar-refractivity contribution >= 4 is 21.8 Å². The number of hydrogen-bond donors (Lipinski definition) is 1. The number of carbonyl (C=O) groups excluding carboxylic acids is 1. The topological polar surface area (TPSA) is 46.9 Å². The minimum absolute atomic E-state index is 0.0240. The number of nitrogens with zero attached hydrogens (tertiary/aromatic N) is 2. The van der Waals surface area contributed by atoms with Crippen molar-refractivity contribution in [1.82, 2.24) is 15.1 Å². The summed E-state index contributed by atoms with van der Waals surface area (Å²) >= 11 is 3.22. The molecule has 0 saturated carbocycles. The number of benzene rings is 1. The quantitative estimate of drug-likeness (QED) is 0.942. The smallest absolute Gasteiger partial charge is 0.254 e. The minimum Gasteiger partial charge on any atom is -0.348 e. The summed E-state index contributed by atoms with van der Waals surface area (Å²) in [6, 6.07) is 4.27. The highest BCUT2D eigenvalue weighted by Gasteiger charge is 2.13. The largest absolute Gasteiger partial charge is 0.348 e. The number of halogens is 2. The molecule has 0 spiro atoms. The minimum atomic E-state index is -0.538. The average molecular weight is 326 g/mol. The Morgan fingerprint density at radius 1 is 1.53 bits per heavy atom. The van der Waals surface area contributed by atoms with E-state index in [9.17, 15) is 9.18 Å². The molecule has 6 heteroatoms.